The number of likely N-dealkylation sites (tertiary alicyclic amines) is 1. The fourth-order valence-electron chi connectivity index (χ4n) is 3.24. The first-order chi connectivity index (χ1) is 8.59. The van der Waals surface area contributed by atoms with Crippen LogP contribution in [-0.2, 0) is 19.2 Å². The van der Waals surface area contributed by atoms with Gasteiger partial charge in [-0.2, -0.15) is 0 Å². The Hall–Kier alpha value is -1.72. The summed E-state index contributed by atoms with van der Waals surface area (Å²) < 4.78 is 0. The monoisotopic (exact) mass is 250 g/mol. The molecule has 3 fully saturated rings. The van der Waals surface area contributed by atoms with Gasteiger partial charge in [0.2, 0.25) is 23.6 Å². The molecule has 18 heavy (non-hydrogen) atoms. The maximum absolute atomic E-state index is 12.2. The highest BCUT2D eigenvalue weighted by molar-refractivity contribution is 6.13. The molecule has 2 heterocycles. The number of carbonyl (C=O) groups excluding carboxylic acids is 4. The Balaban J connectivity index is 1.88. The number of nitrogens with one attached hydrogen (secondary N) is 1. The predicted octanol–water partition coefficient (Wildman–Crippen LogP) is -0.423. The number of hydrogen-bond donors (Lipinski definition) is 1. The minimum absolute atomic E-state index is 0.0875. The van der Waals surface area contributed by atoms with E-state index in [0.29, 0.717) is 12.8 Å². The zero-order valence-electron chi connectivity index (χ0n) is 9.85. The number of rotatable bonds is 1. The molecule has 3 aliphatic rings. The molecule has 3 unspecified atom stereocenters. The first-order valence-corrected chi connectivity index (χ1v) is 6.30. The lowest BCUT2D eigenvalue weighted by Gasteiger charge is -2.19. The SMILES string of the molecule is O=C1CC(N2C(=O)C3CCCCC3C2=O)C(=O)N1. The summed E-state index contributed by atoms with van der Waals surface area (Å²) in [6, 6.07) is -0.914. The Morgan fingerprint density at radius 2 is 1.50 bits per heavy atom. The summed E-state index contributed by atoms with van der Waals surface area (Å²) >= 11 is 0. The van der Waals surface area contributed by atoms with Crippen LogP contribution >= 0.6 is 0 Å². The van der Waals surface area contributed by atoms with E-state index >= 15 is 0 Å². The number of fused-ring (bicyclic) bond motifs is 1. The van der Waals surface area contributed by atoms with Crippen molar-refractivity contribution in [3.63, 3.8) is 0 Å². The van der Waals surface area contributed by atoms with Gasteiger partial charge in [0.25, 0.3) is 0 Å². The highest BCUT2D eigenvalue weighted by Crippen LogP contribution is 2.39. The normalized spacial score (nSPS) is 36.0. The Bertz CT molecular complexity index is 435. The van der Waals surface area contributed by atoms with Gasteiger partial charge >= 0.3 is 0 Å². The van der Waals surface area contributed by atoms with E-state index in [2.05, 4.69) is 5.32 Å². The average molecular weight is 250 g/mol. The summed E-state index contributed by atoms with van der Waals surface area (Å²) in [5, 5.41) is 2.14. The molecular weight excluding hydrogens is 236 g/mol. The molecule has 1 N–H and O–H groups in total. The zero-order valence-corrected chi connectivity index (χ0v) is 9.85. The van der Waals surface area contributed by atoms with E-state index in [4.69, 9.17) is 0 Å². The number of hydrogen-bond acceptors (Lipinski definition) is 4. The maximum atomic E-state index is 12.2. The van der Waals surface area contributed by atoms with E-state index in [1.54, 1.807) is 0 Å². The van der Waals surface area contributed by atoms with E-state index in [9.17, 15) is 19.2 Å². The van der Waals surface area contributed by atoms with Crippen LogP contribution in [0.2, 0.25) is 0 Å². The molecule has 6 heteroatoms. The molecule has 0 spiro atoms. The van der Waals surface area contributed by atoms with Crippen molar-refractivity contribution in [2.45, 2.75) is 38.1 Å². The molecule has 2 aliphatic heterocycles. The first-order valence-electron chi connectivity index (χ1n) is 6.30. The lowest BCUT2D eigenvalue weighted by atomic mass is 9.81. The third-order valence-electron chi connectivity index (χ3n) is 4.13. The highest BCUT2D eigenvalue weighted by Gasteiger charge is 2.53. The van der Waals surface area contributed by atoms with Crippen LogP contribution in [0.3, 0.4) is 0 Å². The third kappa shape index (κ3) is 1.48. The molecule has 0 aromatic rings. The van der Waals surface area contributed by atoms with Crippen molar-refractivity contribution in [2.75, 3.05) is 0 Å². The largest absolute Gasteiger partial charge is 0.295 e. The van der Waals surface area contributed by atoms with Crippen LogP contribution in [0, 0.1) is 11.8 Å². The topological polar surface area (TPSA) is 83.6 Å². The fraction of sp³-hybridized carbons (Fsp3) is 0.667. The number of amides is 4. The van der Waals surface area contributed by atoms with Gasteiger partial charge in [0.05, 0.1) is 18.3 Å². The molecule has 1 saturated carbocycles. The Morgan fingerprint density at radius 3 is 1.94 bits per heavy atom. The van der Waals surface area contributed by atoms with Gasteiger partial charge in [-0.3, -0.25) is 29.4 Å². The fourth-order valence-corrected chi connectivity index (χ4v) is 3.24. The molecule has 3 rings (SSSR count). The second-order valence-electron chi connectivity index (χ2n) is 5.18. The predicted molar refractivity (Wildman–Crippen MR) is 58.9 cm³/mol. The summed E-state index contributed by atoms with van der Waals surface area (Å²) in [6.07, 6.45) is 3.24. The first kappa shape index (κ1) is 11.4. The molecule has 6 nitrogen and oxygen atoms in total. The van der Waals surface area contributed by atoms with Gasteiger partial charge in [0, 0.05) is 0 Å². The quantitative estimate of drug-likeness (QED) is 0.640. The Labute approximate surface area is 104 Å². The van der Waals surface area contributed by atoms with Crippen LogP contribution in [-0.4, -0.2) is 34.6 Å². The van der Waals surface area contributed by atoms with E-state index in [1.807, 2.05) is 0 Å². The number of carbonyl (C=O) groups is 4. The third-order valence-corrected chi connectivity index (χ3v) is 4.13. The van der Waals surface area contributed by atoms with E-state index in [-0.39, 0.29) is 30.1 Å². The van der Waals surface area contributed by atoms with Crippen molar-refractivity contribution in [3.8, 4) is 0 Å². The Morgan fingerprint density at radius 1 is 0.944 bits per heavy atom. The van der Waals surface area contributed by atoms with Crippen LogP contribution in [0.25, 0.3) is 0 Å². The van der Waals surface area contributed by atoms with E-state index in [1.165, 1.54) is 0 Å². The van der Waals surface area contributed by atoms with Gasteiger partial charge in [0.1, 0.15) is 6.04 Å². The molecule has 0 radical (unpaired) electrons. The minimum Gasteiger partial charge on any atom is -0.295 e. The molecular formula is C12H14N2O4. The van der Waals surface area contributed by atoms with Crippen molar-refractivity contribution >= 4 is 23.6 Å². The molecule has 0 aromatic heterocycles. The Kier molecular flexibility index (Phi) is 2.46. The van der Waals surface area contributed by atoms with Gasteiger partial charge in [-0.05, 0) is 12.8 Å². The van der Waals surface area contributed by atoms with Gasteiger partial charge < -0.3 is 0 Å². The molecule has 3 atom stereocenters. The second-order valence-corrected chi connectivity index (χ2v) is 5.18. The lowest BCUT2D eigenvalue weighted by Crippen LogP contribution is -2.44. The molecule has 96 valence electrons. The minimum atomic E-state index is -0.914. The second kappa shape index (κ2) is 3.90. The maximum Gasteiger partial charge on any atom is 0.250 e. The summed E-state index contributed by atoms with van der Waals surface area (Å²) in [5.74, 6) is -2.01. The van der Waals surface area contributed by atoms with Crippen molar-refractivity contribution in [3.05, 3.63) is 0 Å². The van der Waals surface area contributed by atoms with Crippen molar-refractivity contribution < 1.29 is 19.2 Å². The van der Waals surface area contributed by atoms with Crippen LogP contribution in [0.5, 0.6) is 0 Å². The van der Waals surface area contributed by atoms with Crippen molar-refractivity contribution in [2.24, 2.45) is 11.8 Å². The van der Waals surface area contributed by atoms with E-state index in [0.717, 1.165) is 17.7 Å². The van der Waals surface area contributed by atoms with Crippen LogP contribution in [0.4, 0.5) is 0 Å². The van der Waals surface area contributed by atoms with Crippen molar-refractivity contribution in [1.82, 2.24) is 10.2 Å². The molecule has 2 saturated heterocycles. The van der Waals surface area contributed by atoms with Gasteiger partial charge in [-0.15, -0.1) is 0 Å². The summed E-state index contributed by atoms with van der Waals surface area (Å²) in [5.41, 5.74) is 0. The van der Waals surface area contributed by atoms with Gasteiger partial charge in [-0.25, -0.2) is 0 Å². The number of nitrogens with zero attached hydrogens (tertiary/aromatic N) is 1. The summed E-state index contributed by atoms with van der Waals surface area (Å²) in [4.78, 5) is 48.2. The summed E-state index contributed by atoms with van der Waals surface area (Å²) in [7, 11) is 0. The van der Waals surface area contributed by atoms with Gasteiger partial charge in [-0.1, -0.05) is 12.8 Å². The number of imide groups is 2. The highest BCUT2D eigenvalue weighted by atomic mass is 16.2. The van der Waals surface area contributed by atoms with E-state index < -0.39 is 17.9 Å². The smallest absolute Gasteiger partial charge is 0.250 e. The lowest BCUT2D eigenvalue weighted by molar-refractivity contribution is -0.146. The molecule has 0 bridgehead atoms. The molecule has 4 amide bonds. The zero-order chi connectivity index (χ0) is 12.9. The van der Waals surface area contributed by atoms with Crippen molar-refractivity contribution in [1.29, 1.82) is 0 Å². The van der Waals surface area contributed by atoms with Gasteiger partial charge in [0.15, 0.2) is 0 Å². The molecule has 1 aliphatic carbocycles. The standard InChI is InChI=1S/C12H14N2O4/c15-9-5-8(10(16)13-9)14-11(17)6-3-1-2-4-7(6)12(14)18/h6-8H,1-5H2,(H,13,15,16). The van der Waals surface area contributed by atoms with Crippen LogP contribution in [0.15, 0.2) is 0 Å². The van der Waals surface area contributed by atoms with Crippen LogP contribution < -0.4 is 5.32 Å². The summed E-state index contributed by atoms with van der Waals surface area (Å²) in [6.45, 7) is 0. The average Bonchev–Trinajstić information content (AvgIpc) is 2.79. The van der Waals surface area contributed by atoms with Crippen LogP contribution in [0.1, 0.15) is 32.1 Å². The molecule has 0 aromatic carbocycles.